The van der Waals surface area contributed by atoms with E-state index in [-0.39, 0.29) is 18.2 Å². The van der Waals surface area contributed by atoms with Crippen LogP contribution in [0.15, 0.2) is 5.38 Å². The minimum absolute atomic E-state index is 0.0598. The van der Waals surface area contributed by atoms with E-state index in [0.29, 0.717) is 6.54 Å². The van der Waals surface area contributed by atoms with E-state index in [9.17, 15) is 4.79 Å². The maximum Gasteiger partial charge on any atom is 0.315 e. The molecule has 1 aromatic rings. The third-order valence-corrected chi connectivity index (χ3v) is 4.20. The molecule has 0 unspecified atom stereocenters. The predicted octanol–water partition coefficient (Wildman–Crippen LogP) is 1.86. The lowest BCUT2D eigenvalue weighted by Gasteiger charge is -2.20. The molecule has 2 amide bonds. The number of ether oxygens (including phenoxy) is 1. The van der Waals surface area contributed by atoms with Gasteiger partial charge in [0.15, 0.2) is 0 Å². The zero-order valence-corrected chi connectivity index (χ0v) is 12.3. The number of aryl methyl sites for hydroxylation is 1. The van der Waals surface area contributed by atoms with Crippen molar-refractivity contribution in [3.05, 3.63) is 16.1 Å². The van der Waals surface area contributed by atoms with Crippen LogP contribution in [-0.4, -0.2) is 36.3 Å². The fourth-order valence-corrected chi connectivity index (χ4v) is 2.92. The molecule has 0 radical (unpaired) electrons. The Bertz CT molecular complexity index is 416. The van der Waals surface area contributed by atoms with Crippen LogP contribution in [0, 0.1) is 6.92 Å². The number of urea groups is 1. The zero-order chi connectivity index (χ0) is 13.7. The highest BCUT2D eigenvalue weighted by molar-refractivity contribution is 7.09. The van der Waals surface area contributed by atoms with Crippen molar-refractivity contribution >= 4 is 17.4 Å². The molecule has 0 aliphatic carbocycles. The summed E-state index contributed by atoms with van der Waals surface area (Å²) in [7, 11) is 0. The second kappa shape index (κ2) is 6.86. The molecule has 2 N–H and O–H groups in total. The van der Waals surface area contributed by atoms with Gasteiger partial charge in [-0.05, 0) is 26.7 Å². The van der Waals surface area contributed by atoms with E-state index in [0.717, 1.165) is 36.6 Å². The number of amides is 2. The van der Waals surface area contributed by atoms with E-state index < -0.39 is 0 Å². The van der Waals surface area contributed by atoms with Gasteiger partial charge in [-0.3, -0.25) is 0 Å². The molecule has 19 heavy (non-hydrogen) atoms. The van der Waals surface area contributed by atoms with Gasteiger partial charge >= 0.3 is 6.03 Å². The molecule has 1 aliphatic heterocycles. The summed E-state index contributed by atoms with van der Waals surface area (Å²) in [4.78, 5) is 16.1. The molecule has 2 heterocycles. The fraction of sp³-hybridized carbons (Fsp3) is 0.692. The third-order valence-electron chi connectivity index (χ3n) is 3.17. The average Bonchev–Trinajstić information content (AvgIpc) is 3.00. The van der Waals surface area contributed by atoms with Gasteiger partial charge in [-0.25, -0.2) is 9.78 Å². The molecule has 5 nitrogen and oxygen atoms in total. The molecular weight excluding hydrogens is 262 g/mol. The van der Waals surface area contributed by atoms with E-state index in [1.54, 1.807) is 11.3 Å². The normalized spacial score (nSPS) is 20.2. The Labute approximate surface area is 117 Å². The van der Waals surface area contributed by atoms with Crippen molar-refractivity contribution in [2.75, 3.05) is 13.2 Å². The first-order valence-corrected chi connectivity index (χ1v) is 7.60. The van der Waals surface area contributed by atoms with E-state index >= 15 is 0 Å². The van der Waals surface area contributed by atoms with Crippen LogP contribution in [0.5, 0.6) is 0 Å². The summed E-state index contributed by atoms with van der Waals surface area (Å²) in [5, 5.41) is 8.86. The minimum Gasteiger partial charge on any atom is -0.376 e. The highest BCUT2D eigenvalue weighted by Crippen LogP contribution is 2.15. The highest BCUT2D eigenvalue weighted by Gasteiger charge is 2.23. The van der Waals surface area contributed by atoms with Crippen LogP contribution in [-0.2, 0) is 11.2 Å². The lowest BCUT2D eigenvalue weighted by atomic mass is 10.1. The first kappa shape index (κ1) is 14.3. The van der Waals surface area contributed by atoms with Crippen LogP contribution in [0.3, 0.4) is 0 Å². The maximum absolute atomic E-state index is 11.7. The van der Waals surface area contributed by atoms with Gasteiger partial charge in [0.05, 0.1) is 17.2 Å². The number of carbonyl (C=O) groups is 1. The number of hydrogen-bond donors (Lipinski definition) is 2. The van der Waals surface area contributed by atoms with Gasteiger partial charge in [-0.15, -0.1) is 11.3 Å². The lowest BCUT2D eigenvalue weighted by Crippen LogP contribution is -2.46. The van der Waals surface area contributed by atoms with Gasteiger partial charge in [-0.1, -0.05) is 0 Å². The fourth-order valence-electron chi connectivity index (χ4n) is 2.15. The van der Waals surface area contributed by atoms with Crippen molar-refractivity contribution in [1.29, 1.82) is 0 Å². The second-order valence-corrected chi connectivity index (χ2v) is 5.82. The number of nitrogens with zero attached hydrogens (tertiary/aromatic N) is 1. The third kappa shape index (κ3) is 4.47. The van der Waals surface area contributed by atoms with Crippen LogP contribution in [0.2, 0.25) is 0 Å². The van der Waals surface area contributed by atoms with Gasteiger partial charge in [0.2, 0.25) is 0 Å². The molecule has 0 saturated carbocycles. The minimum atomic E-state index is -0.128. The summed E-state index contributed by atoms with van der Waals surface area (Å²) in [5.74, 6) is 0. The molecule has 1 aliphatic rings. The Morgan fingerprint density at radius 2 is 2.53 bits per heavy atom. The van der Waals surface area contributed by atoms with Crippen LogP contribution < -0.4 is 10.6 Å². The van der Waals surface area contributed by atoms with Crippen molar-refractivity contribution in [2.45, 2.75) is 45.3 Å². The Kier molecular flexibility index (Phi) is 5.15. The van der Waals surface area contributed by atoms with Gasteiger partial charge in [0.25, 0.3) is 0 Å². The van der Waals surface area contributed by atoms with E-state index in [1.807, 2.05) is 19.2 Å². The topological polar surface area (TPSA) is 63.2 Å². The monoisotopic (exact) mass is 283 g/mol. The summed E-state index contributed by atoms with van der Waals surface area (Å²) < 4.78 is 5.54. The zero-order valence-electron chi connectivity index (χ0n) is 11.4. The van der Waals surface area contributed by atoms with Gasteiger partial charge < -0.3 is 15.4 Å². The molecule has 0 bridgehead atoms. The first-order valence-electron chi connectivity index (χ1n) is 6.72. The smallest absolute Gasteiger partial charge is 0.315 e. The summed E-state index contributed by atoms with van der Waals surface area (Å²) in [6.07, 6.45) is 3.05. The average molecular weight is 283 g/mol. The number of aromatic nitrogens is 1. The molecule has 2 atom stereocenters. The molecule has 1 fully saturated rings. The summed E-state index contributed by atoms with van der Waals surface area (Å²) in [6.45, 7) is 5.38. The maximum atomic E-state index is 11.7. The van der Waals surface area contributed by atoms with Crippen LogP contribution in [0.25, 0.3) is 0 Å². The molecule has 0 spiro atoms. The van der Waals surface area contributed by atoms with E-state index in [2.05, 4.69) is 15.6 Å². The van der Waals surface area contributed by atoms with Gasteiger partial charge in [0.1, 0.15) is 0 Å². The first-order chi connectivity index (χ1) is 9.15. The molecule has 6 heteroatoms. The number of thiazole rings is 1. The van der Waals surface area contributed by atoms with Crippen molar-refractivity contribution < 1.29 is 9.53 Å². The van der Waals surface area contributed by atoms with Gasteiger partial charge in [-0.2, -0.15) is 0 Å². The SMILES string of the molecule is Cc1csc(CCNC(=O)N[C@@H](C)[C@@H]2CCCO2)n1. The summed E-state index contributed by atoms with van der Waals surface area (Å²) in [6, 6.07) is -0.0686. The quantitative estimate of drug-likeness (QED) is 0.867. The van der Waals surface area contributed by atoms with Crippen molar-refractivity contribution in [1.82, 2.24) is 15.6 Å². The lowest BCUT2D eigenvalue weighted by molar-refractivity contribution is 0.0860. The summed E-state index contributed by atoms with van der Waals surface area (Å²) in [5.41, 5.74) is 1.04. The van der Waals surface area contributed by atoms with Crippen molar-refractivity contribution in [3.63, 3.8) is 0 Å². The Morgan fingerprint density at radius 3 is 3.16 bits per heavy atom. The predicted molar refractivity (Wildman–Crippen MR) is 75.5 cm³/mol. The Balaban J connectivity index is 1.64. The molecule has 106 valence electrons. The molecule has 1 aromatic heterocycles. The number of nitrogens with one attached hydrogen (secondary N) is 2. The van der Waals surface area contributed by atoms with Gasteiger partial charge in [0, 0.05) is 30.6 Å². The number of carbonyl (C=O) groups excluding carboxylic acids is 1. The van der Waals surface area contributed by atoms with Crippen LogP contribution in [0.4, 0.5) is 4.79 Å². The molecule has 1 saturated heterocycles. The largest absolute Gasteiger partial charge is 0.376 e. The Morgan fingerprint density at radius 1 is 1.68 bits per heavy atom. The Hall–Kier alpha value is -1.14. The standard InChI is InChI=1S/C13H21N3O2S/c1-9-8-19-12(15-9)5-6-14-13(17)16-10(2)11-4-3-7-18-11/h8,10-11H,3-7H2,1-2H3,(H2,14,16,17)/t10-,11-/m0/s1. The van der Waals surface area contributed by atoms with E-state index in [1.165, 1.54) is 0 Å². The molecular formula is C13H21N3O2S. The van der Waals surface area contributed by atoms with Crippen LogP contribution >= 0.6 is 11.3 Å². The van der Waals surface area contributed by atoms with E-state index in [4.69, 9.17) is 4.74 Å². The highest BCUT2D eigenvalue weighted by atomic mass is 32.1. The number of rotatable bonds is 5. The van der Waals surface area contributed by atoms with Crippen molar-refractivity contribution in [2.24, 2.45) is 0 Å². The van der Waals surface area contributed by atoms with Crippen LogP contribution in [0.1, 0.15) is 30.5 Å². The number of hydrogen-bond acceptors (Lipinski definition) is 4. The second-order valence-electron chi connectivity index (χ2n) is 4.87. The van der Waals surface area contributed by atoms with Crippen molar-refractivity contribution in [3.8, 4) is 0 Å². The summed E-state index contributed by atoms with van der Waals surface area (Å²) >= 11 is 1.63. The molecule has 2 rings (SSSR count). The molecule has 0 aromatic carbocycles.